The Balaban J connectivity index is 3.21. The van der Waals surface area contributed by atoms with Crippen LogP contribution in [0.25, 0.3) is 0 Å². The molecule has 1 aromatic carbocycles. The number of carbonyl (C=O) groups excluding carboxylic acids is 1. The lowest BCUT2D eigenvalue weighted by molar-refractivity contribution is -0.157. The van der Waals surface area contributed by atoms with Gasteiger partial charge in [-0.15, -0.1) is 0 Å². The van der Waals surface area contributed by atoms with Gasteiger partial charge in [0.15, 0.2) is 0 Å². The van der Waals surface area contributed by atoms with Gasteiger partial charge in [0.1, 0.15) is 5.60 Å². The molecule has 2 atom stereocenters. The molecule has 0 bridgehead atoms. The van der Waals surface area contributed by atoms with Crippen LogP contribution in [0.2, 0.25) is 10.0 Å². The maximum Gasteiger partial charge on any atom is 0.315 e. The third-order valence-corrected chi connectivity index (χ3v) is 3.36. The predicted molar refractivity (Wildman–Crippen MR) is 85.3 cm³/mol. The highest BCUT2D eigenvalue weighted by molar-refractivity contribution is 6.35. The number of nitrogens with two attached hydrogens (primary N) is 1. The van der Waals surface area contributed by atoms with Gasteiger partial charge in [-0.1, -0.05) is 29.3 Å². The average Bonchev–Trinajstić information content (AvgIpc) is 2.28. The highest BCUT2D eigenvalue weighted by atomic mass is 35.5. The predicted octanol–water partition coefficient (Wildman–Crippen LogP) is 3.22. The van der Waals surface area contributed by atoms with Gasteiger partial charge in [-0.2, -0.15) is 0 Å². The lowest BCUT2D eigenvalue weighted by Crippen LogP contribution is -2.39. The van der Waals surface area contributed by atoms with E-state index in [2.05, 4.69) is 0 Å². The molecule has 0 amide bonds. The first-order chi connectivity index (χ1) is 10.0. The molecule has 0 heterocycles. The Kier molecular flexibility index (Phi) is 6.23. The number of carboxylic acid groups (broad SMARTS) is 1. The standard InChI is InChI=1S/C15H19Cl2NO4/c1-15(2,3)22-14(21)13(11(18)7-12(19)20)9-5-4-8(16)6-10(9)17/h4-6,11,13H,7,18H2,1-3H3,(H,19,20)/t11-,13+/m0/s1. The topological polar surface area (TPSA) is 89.6 Å². The van der Waals surface area contributed by atoms with Gasteiger partial charge in [-0.05, 0) is 38.5 Å². The Bertz CT molecular complexity index is 569. The van der Waals surface area contributed by atoms with Gasteiger partial charge in [0, 0.05) is 16.1 Å². The summed E-state index contributed by atoms with van der Waals surface area (Å²) in [5.41, 5.74) is 5.58. The fourth-order valence-electron chi connectivity index (χ4n) is 1.97. The molecule has 3 N–H and O–H groups in total. The molecule has 0 aliphatic rings. The van der Waals surface area contributed by atoms with Crippen molar-refractivity contribution in [2.24, 2.45) is 5.73 Å². The van der Waals surface area contributed by atoms with Crippen LogP contribution < -0.4 is 5.73 Å². The molecule has 22 heavy (non-hydrogen) atoms. The van der Waals surface area contributed by atoms with E-state index in [-0.39, 0.29) is 11.4 Å². The summed E-state index contributed by atoms with van der Waals surface area (Å²) in [6, 6.07) is 3.63. The van der Waals surface area contributed by atoms with E-state index in [4.69, 9.17) is 38.8 Å². The van der Waals surface area contributed by atoms with Crippen molar-refractivity contribution in [2.45, 2.75) is 44.8 Å². The van der Waals surface area contributed by atoms with Gasteiger partial charge in [0.05, 0.1) is 12.3 Å². The Morgan fingerprint density at radius 2 is 1.91 bits per heavy atom. The van der Waals surface area contributed by atoms with E-state index in [1.165, 1.54) is 6.07 Å². The van der Waals surface area contributed by atoms with Crippen LogP contribution in [0.15, 0.2) is 18.2 Å². The minimum absolute atomic E-state index is 0.240. The summed E-state index contributed by atoms with van der Waals surface area (Å²) in [5, 5.41) is 9.57. The smallest absolute Gasteiger partial charge is 0.315 e. The maximum atomic E-state index is 12.4. The van der Waals surface area contributed by atoms with E-state index in [1.54, 1.807) is 32.9 Å². The number of carbonyl (C=O) groups is 2. The average molecular weight is 348 g/mol. The van der Waals surface area contributed by atoms with Gasteiger partial charge in [0.25, 0.3) is 0 Å². The van der Waals surface area contributed by atoms with Crippen LogP contribution in [0, 0.1) is 0 Å². The third-order valence-electron chi connectivity index (χ3n) is 2.80. The minimum atomic E-state index is -1.11. The van der Waals surface area contributed by atoms with E-state index in [0.717, 1.165) is 0 Å². The Labute approximate surface area is 139 Å². The maximum absolute atomic E-state index is 12.4. The van der Waals surface area contributed by atoms with Crippen LogP contribution in [-0.4, -0.2) is 28.7 Å². The highest BCUT2D eigenvalue weighted by Gasteiger charge is 2.34. The zero-order chi connectivity index (χ0) is 17.1. The molecule has 0 aliphatic carbocycles. The van der Waals surface area contributed by atoms with Crippen LogP contribution in [0.1, 0.15) is 38.7 Å². The molecule has 7 heteroatoms. The minimum Gasteiger partial charge on any atom is -0.481 e. The largest absolute Gasteiger partial charge is 0.481 e. The first-order valence-corrected chi connectivity index (χ1v) is 7.42. The summed E-state index contributed by atoms with van der Waals surface area (Å²) in [7, 11) is 0. The van der Waals surface area contributed by atoms with Gasteiger partial charge in [-0.3, -0.25) is 9.59 Å². The molecule has 0 fully saturated rings. The molecule has 0 aliphatic heterocycles. The molecular formula is C15H19Cl2NO4. The van der Waals surface area contributed by atoms with Crippen molar-refractivity contribution in [1.29, 1.82) is 0 Å². The number of benzene rings is 1. The van der Waals surface area contributed by atoms with Crippen molar-refractivity contribution >= 4 is 35.1 Å². The zero-order valence-corrected chi connectivity index (χ0v) is 14.1. The van der Waals surface area contributed by atoms with Crippen molar-refractivity contribution < 1.29 is 19.4 Å². The number of hydrogen-bond acceptors (Lipinski definition) is 4. The van der Waals surface area contributed by atoms with Crippen LogP contribution in [0.4, 0.5) is 0 Å². The summed E-state index contributed by atoms with van der Waals surface area (Å²) < 4.78 is 5.34. The fraction of sp³-hybridized carbons (Fsp3) is 0.467. The van der Waals surface area contributed by atoms with E-state index < -0.39 is 29.5 Å². The molecule has 0 unspecified atom stereocenters. The summed E-state index contributed by atoms with van der Waals surface area (Å²) in [4.78, 5) is 23.3. The lowest BCUT2D eigenvalue weighted by atomic mass is 9.89. The zero-order valence-electron chi connectivity index (χ0n) is 12.6. The van der Waals surface area contributed by atoms with Crippen LogP contribution >= 0.6 is 23.2 Å². The van der Waals surface area contributed by atoms with Crippen molar-refractivity contribution in [3.8, 4) is 0 Å². The molecule has 1 rings (SSSR count). The summed E-state index contributed by atoms with van der Waals surface area (Å²) in [5.74, 6) is -2.71. The van der Waals surface area contributed by atoms with E-state index in [0.29, 0.717) is 10.6 Å². The second kappa shape index (κ2) is 7.31. The number of hydrogen-bond donors (Lipinski definition) is 2. The molecule has 0 saturated heterocycles. The second-order valence-electron chi connectivity index (χ2n) is 5.94. The molecule has 0 aromatic heterocycles. The quantitative estimate of drug-likeness (QED) is 0.798. The molecule has 0 spiro atoms. The number of ether oxygens (including phenoxy) is 1. The summed E-state index contributed by atoms with van der Waals surface area (Å²) >= 11 is 12.0. The molecule has 0 radical (unpaired) electrons. The van der Waals surface area contributed by atoms with Crippen molar-refractivity contribution in [3.63, 3.8) is 0 Å². The molecule has 5 nitrogen and oxygen atoms in total. The van der Waals surface area contributed by atoms with Gasteiger partial charge < -0.3 is 15.6 Å². The fourth-order valence-corrected chi connectivity index (χ4v) is 2.50. The highest BCUT2D eigenvalue weighted by Crippen LogP contribution is 2.32. The normalized spacial score (nSPS) is 14.3. The van der Waals surface area contributed by atoms with Gasteiger partial charge in [-0.25, -0.2) is 0 Å². The number of aliphatic carboxylic acids is 1. The molecule has 0 saturated carbocycles. The van der Waals surface area contributed by atoms with Crippen molar-refractivity contribution in [2.75, 3.05) is 0 Å². The van der Waals surface area contributed by atoms with E-state index >= 15 is 0 Å². The Morgan fingerprint density at radius 1 is 1.32 bits per heavy atom. The number of rotatable bonds is 5. The Morgan fingerprint density at radius 3 is 2.36 bits per heavy atom. The third kappa shape index (κ3) is 5.48. The molecular weight excluding hydrogens is 329 g/mol. The number of esters is 1. The molecule has 122 valence electrons. The molecule has 1 aromatic rings. The summed E-state index contributed by atoms with van der Waals surface area (Å²) in [6.07, 6.45) is -0.386. The monoisotopic (exact) mass is 347 g/mol. The van der Waals surface area contributed by atoms with E-state index in [9.17, 15) is 9.59 Å². The summed E-state index contributed by atoms with van der Waals surface area (Å²) in [6.45, 7) is 5.15. The van der Waals surface area contributed by atoms with Crippen molar-refractivity contribution in [1.82, 2.24) is 0 Å². The lowest BCUT2D eigenvalue weighted by Gasteiger charge is -2.27. The first-order valence-electron chi connectivity index (χ1n) is 6.66. The van der Waals surface area contributed by atoms with Crippen LogP contribution in [0.5, 0.6) is 0 Å². The van der Waals surface area contributed by atoms with Crippen LogP contribution in [-0.2, 0) is 14.3 Å². The van der Waals surface area contributed by atoms with Crippen molar-refractivity contribution in [3.05, 3.63) is 33.8 Å². The number of carboxylic acids is 1. The van der Waals surface area contributed by atoms with E-state index in [1.807, 2.05) is 0 Å². The van der Waals surface area contributed by atoms with Gasteiger partial charge >= 0.3 is 11.9 Å². The second-order valence-corrected chi connectivity index (χ2v) is 6.78. The van der Waals surface area contributed by atoms with Crippen LogP contribution in [0.3, 0.4) is 0 Å². The first kappa shape index (κ1) is 18.7. The SMILES string of the molecule is CC(C)(C)OC(=O)[C@H](c1ccc(Cl)cc1Cl)[C@@H](N)CC(=O)O. The Hall–Kier alpha value is -1.30. The number of halogens is 2. The van der Waals surface area contributed by atoms with Gasteiger partial charge in [0.2, 0.25) is 0 Å².